The predicted molar refractivity (Wildman–Crippen MR) is 48.9 cm³/mol. The van der Waals surface area contributed by atoms with E-state index in [9.17, 15) is 9.59 Å². The molecular weight excluding hydrogens is 182 g/mol. The van der Waals surface area contributed by atoms with Gasteiger partial charge in [-0.1, -0.05) is 5.92 Å². The van der Waals surface area contributed by atoms with Crippen LogP contribution in [-0.2, 0) is 4.79 Å². The van der Waals surface area contributed by atoms with Crippen molar-refractivity contribution < 1.29 is 14.7 Å². The van der Waals surface area contributed by atoms with Gasteiger partial charge in [0, 0.05) is 6.20 Å². The molecule has 0 atom stereocenters. The minimum Gasteiger partial charge on any atom is -0.476 e. The van der Waals surface area contributed by atoms with Gasteiger partial charge >= 0.3 is 5.97 Å². The van der Waals surface area contributed by atoms with E-state index < -0.39 is 5.97 Å². The normalized spacial score (nSPS) is 8.64. The number of nitrogens with zero attached hydrogens (tertiary/aromatic N) is 1. The van der Waals surface area contributed by atoms with Crippen LogP contribution in [0.15, 0.2) is 12.3 Å². The van der Waals surface area contributed by atoms with Gasteiger partial charge in [0.1, 0.15) is 0 Å². The number of carbonyl (C=O) groups excluding carboxylic acids is 1. The molecule has 1 aromatic heterocycles. The van der Waals surface area contributed by atoms with E-state index in [-0.39, 0.29) is 11.3 Å². The summed E-state index contributed by atoms with van der Waals surface area (Å²) < 4.78 is 0. The Bertz CT molecular complexity index is 440. The van der Waals surface area contributed by atoms with E-state index in [0.29, 0.717) is 6.29 Å². The first-order chi connectivity index (χ1) is 6.65. The number of aromatic carboxylic acids is 1. The number of aromatic nitrogens is 1. The SMILES string of the molecule is Cc1cnc(C(=O)O)c(C#CC=O)c1. The zero-order chi connectivity index (χ0) is 10.6. The molecule has 0 aliphatic rings. The Morgan fingerprint density at radius 1 is 1.64 bits per heavy atom. The van der Waals surface area contributed by atoms with Crippen LogP contribution in [0.5, 0.6) is 0 Å². The highest BCUT2D eigenvalue weighted by atomic mass is 16.4. The zero-order valence-corrected chi connectivity index (χ0v) is 7.44. The summed E-state index contributed by atoms with van der Waals surface area (Å²) in [7, 11) is 0. The van der Waals surface area contributed by atoms with Gasteiger partial charge in [-0.3, -0.25) is 4.79 Å². The molecule has 70 valence electrons. The van der Waals surface area contributed by atoms with Crippen molar-refractivity contribution >= 4 is 12.3 Å². The standard InChI is InChI=1S/C10H7NO3/c1-7-5-8(3-2-4-12)9(10(13)14)11-6-7/h4-6H,1H3,(H,13,14). The lowest BCUT2D eigenvalue weighted by molar-refractivity contribution is -0.103. The first-order valence-electron chi connectivity index (χ1n) is 3.80. The summed E-state index contributed by atoms with van der Waals surface area (Å²) in [5, 5.41) is 8.74. The van der Waals surface area contributed by atoms with Crippen LogP contribution in [0.4, 0.5) is 0 Å². The molecule has 0 saturated carbocycles. The van der Waals surface area contributed by atoms with Gasteiger partial charge in [0.25, 0.3) is 0 Å². The van der Waals surface area contributed by atoms with Crippen molar-refractivity contribution in [1.29, 1.82) is 0 Å². The van der Waals surface area contributed by atoms with E-state index in [2.05, 4.69) is 16.8 Å². The zero-order valence-electron chi connectivity index (χ0n) is 7.44. The van der Waals surface area contributed by atoms with Gasteiger partial charge in [-0.2, -0.15) is 0 Å². The lowest BCUT2D eigenvalue weighted by Gasteiger charge is -1.98. The molecule has 0 radical (unpaired) electrons. The molecule has 0 fully saturated rings. The Balaban J connectivity index is 3.29. The van der Waals surface area contributed by atoms with Crippen LogP contribution in [0.25, 0.3) is 0 Å². The monoisotopic (exact) mass is 189 g/mol. The summed E-state index contributed by atoms with van der Waals surface area (Å²) in [6, 6.07) is 1.58. The maximum Gasteiger partial charge on any atom is 0.355 e. The van der Waals surface area contributed by atoms with Crippen molar-refractivity contribution in [2.75, 3.05) is 0 Å². The molecule has 1 N–H and O–H groups in total. The molecule has 14 heavy (non-hydrogen) atoms. The van der Waals surface area contributed by atoms with Crippen LogP contribution in [0, 0.1) is 18.8 Å². The Labute approximate surface area is 80.6 Å². The lowest BCUT2D eigenvalue weighted by atomic mass is 10.1. The van der Waals surface area contributed by atoms with Crippen molar-refractivity contribution in [3.63, 3.8) is 0 Å². The molecule has 4 nitrogen and oxygen atoms in total. The number of carboxylic acids is 1. The highest BCUT2D eigenvalue weighted by Gasteiger charge is 2.09. The van der Waals surface area contributed by atoms with E-state index in [1.54, 1.807) is 13.0 Å². The Kier molecular flexibility index (Phi) is 2.97. The van der Waals surface area contributed by atoms with Gasteiger partial charge in [0.05, 0.1) is 5.56 Å². The average Bonchev–Trinajstić information content (AvgIpc) is 2.14. The van der Waals surface area contributed by atoms with E-state index >= 15 is 0 Å². The second-order valence-electron chi connectivity index (χ2n) is 2.60. The molecule has 0 aliphatic carbocycles. The first-order valence-corrected chi connectivity index (χ1v) is 3.80. The molecule has 0 aliphatic heterocycles. The lowest BCUT2D eigenvalue weighted by Crippen LogP contribution is -2.03. The van der Waals surface area contributed by atoms with E-state index in [1.165, 1.54) is 6.20 Å². The summed E-state index contributed by atoms with van der Waals surface area (Å²) in [6.07, 6.45) is 1.85. The molecule has 1 heterocycles. The molecule has 1 rings (SSSR count). The van der Waals surface area contributed by atoms with Gasteiger partial charge < -0.3 is 5.11 Å². The smallest absolute Gasteiger partial charge is 0.355 e. The summed E-state index contributed by atoms with van der Waals surface area (Å²) >= 11 is 0. The maximum absolute atomic E-state index is 10.7. The first kappa shape index (κ1) is 9.93. The number of hydrogen-bond acceptors (Lipinski definition) is 3. The largest absolute Gasteiger partial charge is 0.476 e. The quantitative estimate of drug-likeness (QED) is 0.520. The van der Waals surface area contributed by atoms with Gasteiger partial charge in [0.2, 0.25) is 0 Å². The molecule has 0 saturated heterocycles. The van der Waals surface area contributed by atoms with E-state index in [1.807, 2.05) is 0 Å². The molecular formula is C10H7NO3. The molecule has 0 spiro atoms. The van der Waals surface area contributed by atoms with Gasteiger partial charge in [-0.15, -0.1) is 0 Å². The highest BCUT2D eigenvalue weighted by Crippen LogP contribution is 2.06. The average molecular weight is 189 g/mol. The van der Waals surface area contributed by atoms with Crippen molar-refractivity contribution in [2.24, 2.45) is 0 Å². The summed E-state index contributed by atoms with van der Waals surface area (Å²) in [6.45, 7) is 1.77. The minimum absolute atomic E-state index is 0.134. The minimum atomic E-state index is -1.15. The Morgan fingerprint density at radius 2 is 2.36 bits per heavy atom. The van der Waals surface area contributed by atoms with Gasteiger partial charge in [0.15, 0.2) is 12.0 Å². The number of aryl methyl sites for hydroxylation is 1. The summed E-state index contributed by atoms with van der Waals surface area (Å²) in [4.78, 5) is 24.4. The van der Waals surface area contributed by atoms with Crippen LogP contribution in [-0.4, -0.2) is 22.3 Å². The van der Waals surface area contributed by atoms with Crippen molar-refractivity contribution in [1.82, 2.24) is 4.98 Å². The van der Waals surface area contributed by atoms with Crippen molar-refractivity contribution in [3.05, 3.63) is 29.1 Å². The van der Waals surface area contributed by atoms with Crippen molar-refractivity contribution in [2.45, 2.75) is 6.92 Å². The number of carboxylic acid groups (broad SMARTS) is 1. The third-order valence-electron chi connectivity index (χ3n) is 1.49. The maximum atomic E-state index is 10.7. The topological polar surface area (TPSA) is 67.3 Å². The molecule has 4 heteroatoms. The van der Waals surface area contributed by atoms with Crippen LogP contribution in [0.2, 0.25) is 0 Å². The predicted octanol–water partition coefficient (Wildman–Crippen LogP) is 0.639. The van der Waals surface area contributed by atoms with Crippen molar-refractivity contribution in [3.8, 4) is 11.8 Å². The van der Waals surface area contributed by atoms with E-state index in [0.717, 1.165) is 5.56 Å². The number of aldehydes is 1. The highest BCUT2D eigenvalue weighted by molar-refractivity contribution is 5.89. The molecule has 0 bridgehead atoms. The fourth-order valence-corrected chi connectivity index (χ4v) is 0.942. The third-order valence-corrected chi connectivity index (χ3v) is 1.49. The molecule has 1 aromatic rings. The fraction of sp³-hybridized carbons (Fsp3) is 0.100. The second kappa shape index (κ2) is 4.19. The number of hydrogen-bond donors (Lipinski definition) is 1. The fourth-order valence-electron chi connectivity index (χ4n) is 0.942. The van der Waals surface area contributed by atoms with E-state index in [4.69, 9.17) is 5.11 Å². The summed E-state index contributed by atoms with van der Waals surface area (Å²) in [5.41, 5.74) is 0.916. The van der Waals surface area contributed by atoms with Crippen LogP contribution in [0.3, 0.4) is 0 Å². The molecule has 0 aromatic carbocycles. The molecule has 0 amide bonds. The Morgan fingerprint density at radius 3 is 2.93 bits per heavy atom. The number of rotatable bonds is 1. The second-order valence-corrected chi connectivity index (χ2v) is 2.60. The summed E-state index contributed by atoms with van der Waals surface area (Å²) in [5.74, 6) is 3.42. The number of carbonyl (C=O) groups is 2. The van der Waals surface area contributed by atoms with Gasteiger partial charge in [-0.25, -0.2) is 9.78 Å². The van der Waals surface area contributed by atoms with Crippen LogP contribution >= 0.6 is 0 Å². The van der Waals surface area contributed by atoms with Crippen LogP contribution in [0.1, 0.15) is 21.6 Å². The third kappa shape index (κ3) is 2.17. The Hall–Kier alpha value is -2.15. The van der Waals surface area contributed by atoms with Crippen LogP contribution < -0.4 is 0 Å². The number of pyridine rings is 1. The molecule has 0 unspecified atom stereocenters. The van der Waals surface area contributed by atoms with Gasteiger partial charge in [-0.05, 0) is 24.5 Å².